The van der Waals surface area contributed by atoms with E-state index in [1.807, 2.05) is 43.6 Å². The SMILES string of the molecule is C.CCN(c1cccc2cc(-c3ncc(CN4CCCC4c4ccccn4)s3)[nH]c12)S(=O)(=O)c1cccs1. The van der Waals surface area contributed by atoms with Crippen LogP contribution in [0.3, 0.4) is 0 Å². The maximum absolute atomic E-state index is 13.3. The van der Waals surface area contributed by atoms with Crippen molar-refractivity contribution < 1.29 is 8.42 Å². The number of aromatic amines is 1. The maximum Gasteiger partial charge on any atom is 0.273 e. The second kappa shape index (κ2) is 11.0. The van der Waals surface area contributed by atoms with Crippen LogP contribution in [0, 0.1) is 0 Å². The van der Waals surface area contributed by atoms with Crippen LogP contribution in [0.15, 0.2) is 76.6 Å². The van der Waals surface area contributed by atoms with Gasteiger partial charge in [0.25, 0.3) is 10.0 Å². The number of aromatic nitrogens is 3. The minimum Gasteiger partial charge on any atom is -0.351 e. The first kappa shape index (κ1) is 26.6. The van der Waals surface area contributed by atoms with Crippen molar-refractivity contribution in [2.45, 2.75) is 44.0 Å². The van der Waals surface area contributed by atoms with Crippen molar-refractivity contribution in [2.75, 3.05) is 17.4 Å². The Bertz CT molecular complexity index is 1610. The van der Waals surface area contributed by atoms with Gasteiger partial charge in [0.2, 0.25) is 0 Å². The van der Waals surface area contributed by atoms with Gasteiger partial charge >= 0.3 is 0 Å². The number of anilines is 1. The molecule has 6 rings (SSSR count). The van der Waals surface area contributed by atoms with E-state index in [4.69, 9.17) is 4.98 Å². The number of likely N-dealkylation sites (tertiary alicyclic amines) is 1. The van der Waals surface area contributed by atoms with Crippen LogP contribution in [0.5, 0.6) is 0 Å². The monoisotopic (exact) mass is 565 g/mol. The van der Waals surface area contributed by atoms with Gasteiger partial charge < -0.3 is 4.98 Å². The Morgan fingerprint density at radius 1 is 1.13 bits per heavy atom. The van der Waals surface area contributed by atoms with Gasteiger partial charge in [-0.25, -0.2) is 13.4 Å². The van der Waals surface area contributed by atoms with Crippen LogP contribution in [-0.4, -0.2) is 41.4 Å². The summed E-state index contributed by atoms with van der Waals surface area (Å²) in [6.07, 6.45) is 6.11. The van der Waals surface area contributed by atoms with E-state index in [2.05, 4.69) is 33.1 Å². The molecule has 4 aromatic heterocycles. The van der Waals surface area contributed by atoms with Gasteiger partial charge in [0.05, 0.1) is 28.6 Å². The predicted octanol–water partition coefficient (Wildman–Crippen LogP) is 6.94. The molecule has 5 aromatic rings. The fourth-order valence-corrected chi connectivity index (χ4v) is 8.58. The number of nitrogens with zero attached hydrogens (tertiary/aromatic N) is 4. The summed E-state index contributed by atoms with van der Waals surface area (Å²) in [5.74, 6) is 0. The Morgan fingerprint density at radius 3 is 2.79 bits per heavy atom. The van der Waals surface area contributed by atoms with Gasteiger partial charge in [-0.1, -0.05) is 31.7 Å². The topological polar surface area (TPSA) is 82.2 Å². The normalized spacial score (nSPS) is 16.1. The van der Waals surface area contributed by atoms with Gasteiger partial charge in [-0.05, 0) is 62.0 Å². The number of pyridine rings is 1. The molecule has 38 heavy (non-hydrogen) atoms. The van der Waals surface area contributed by atoms with E-state index in [0.29, 0.717) is 22.5 Å². The van der Waals surface area contributed by atoms with Crippen LogP contribution in [0.4, 0.5) is 5.69 Å². The van der Waals surface area contributed by atoms with Crippen molar-refractivity contribution in [1.29, 1.82) is 0 Å². The standard InChI is InChI=1S/C27H27N5O2S3.CH4/c1-2-32(37(33,34)25-12-7-15-35-25)24-10-5-8-19-16-22(30-26(19)24)27-29-17-20(36-27)18-31-14-6-11-23(31)21-9-3-4-13-28-21;/h3-5,7-10,12-13,15-17,23,30H,2,6,11,14,18H2,1H3;1H4. The van der Waals surface area contributed by atoms with Crippen molar-refractivity contribution in [3.63, 3.8) is 0 Å². The van der Waals surface area contributed by atoms with Crippen LogP contribution in [0.1, 0.15) is 43.8 Å². The van der Waals surface area contributed by atoms with E-state index in [9.17, 15) is 8.42 Å². The summed E-state index contributed by atoms with van der Waals surface area (Å²) in [5.41, 5.74) is 3.47. The Kier molecular flexibility index (Phi) is 7.67. The smallest absolute Gasteiger partial charge is 0.273 e. The van der Waals surface area contributed by atoms with Crippen molar-refractivity contribution in [2.24, 2.45) is 0 Å². The summed E-state index contributed by atoms with van der Waals surface area (Å²) < 4.78 is 28.5. The zero-order valence-electron chi connectivity index (χ0n) is 20.4. The van der Waals surface area contributed by atoms with E-state index < -0.39 is 10.0 Å². The van der Waals surface area contributed by atoms with E-state index in [-0.39, 0.29) is 7.43 Å². The first-order chi connectivity index (χ1) is 18.0. The molecule has 1 aliphatic rings. The second-order valence-electron chi connectivity index (χ2n) is 9.04. The lowest BCUT2D eigenvalue weighted by Crippen LogP contribution is -2.30. The number of thiophene rings is 1. The van der Waals surface area contributed by atoms with E-state index in [1.54, 1.807) is 28.8 Å². The Balaban J connectivity index is 0.00000294. The number of hydrogen-bond acceptors (Lipinski definition) is 7. The second-order valence-corrected chi connectivity index (χ2v) is 13.2. The van der Waals surface area contributed by atoms with Crippen LogP contribution < -0.4 is 4.31 Å². The minimum atomic E-state index is -3.64. The fraction of sp³-hybridized carbons (Fsp3) is 0.286. The van der Waals surface area contributed by atoms with E-state index >= 15 is 0 Å². The van der Waals surface area contributed by atoms with Crippen LogP contribution in [0.2, 0.25) is 0 Å². The lowest BCUT2D eigenvalue weighted by Gasteiger charge is -2.23. The number of fused-ring (bicyclic) bond motifs is 1. The predicted molar refractivity (Wildman–Crippen MR) is 157 cm³/mol. The molecule has 0 bridgehead atoms. The van der Waals surface area contributed by atoms with Crippen LogP contribution >= 0.6 is 22.7 Å². The molecule has 1 unspecified atom stereocenters. The molecule has 1 aromatic carbocycles. The van der Waals surface area contributed by atoms with Crippen molar-refractivity contribution in [3.05, 3.63) is 82.9 Å². The zero-order valence-corrected chi connectivity index (χ0v) is 22.8. The molecule has 1 saturated heterocycles. The quantitative estimate of drug-likeness (QED) is 0.220. The van der Waals surface area contributed by atoms with Crippen LogP contribution in [0.25, 0.3) is 21.6 Å². The molecule has 7 nitrogen and oxygen atoms in total. The summed E-state index contributed by atoms with van der Waals surface area (Å²) in [7, 11) is -3.64. The van der Waals surface area contributed by atoms with Gasteiger partial charge in [-0.3, -0.25) is 14.2 Å². The van der Waals surface area contributed by atoms with Gasteiger partial charge in [0.1, 0.15) is 9.22 Å². The Labute approximate surface area is 231 Å². The summed E-state index contributed by atoms with van der Waals surface area (Å²) in [6.45, 7) is 4.09. The van der Waals surface area contributed by atoms with Crippen molar-refractivity contribution >= 4 is 49.3 Å². The number of sulfonamides is 1. The molecule has 0 saturated carbocycles. The molecular weight excluding hydrogens is 535 g/mol. The highest BCUT2D eigenvalue weighted by Gasteiger charge is 2.28. The number of H-pyrrole nitrogens is 1. The molecule has 0 aliphatic carbocycles. The maximum atomic E-state index is 13.3. The zero-order chi connectivity index (χ0) is 25.4. The molecule has 198 valence electrons. The van der Waals surface area contributed by atoms with Crippen LogP contribution in [-0.2, 0) is 16.6 Å². The van der Waals surface area contributed by atoms with Gasteiger partial charge in [0, 0.05) is 35.7 Å². The highest BCUT2D eigenvalue weighted by molar-refractivity contribution is 7.94. The Hall–Kier alpha value is -3.05. The summed E-state index contributed by atoms with van der Waals surface area (Å²) in [5, 5.41) is 3.64. The van der Waals surface area contributed by atoms with Gasteiger partial charge in [-0.15, -0.1) is 22.7 Å². The summed E-state index contributed by atoms with van der Waals surface area (Å²) in [4.78, 5) is 16.5. The molecule has 5 heterocycles. The lowest BCUT2D eigenvalue weighted by atomic mass is 10.1. The number of rotatable bonds is 8. The van der Waals surface area contributed by atoms with Crippen molar-refractivity contribution in [3.8, 4) is 10.7 Å². The highest BCUT2D eigenvalue weighted by atomic mass is 32.2. The van der Waals surface area contributed by atoms with Crippen molar-refractivity contribution in [1.82, 2.24) is 19.9 Å². The average Bonchev–Trinajstić information content (AvgIpc) is 3.72. The minimum absolute atomic E-state index is 0. The molecule has 0 amide bonds. The third-order valence-corrected chi connectivity index (χ3v) is 11.0. The first-order valence-electron chi connectivity index (χ1n) is 12.3. The number of hydrogen-bond donors (Lipinski definition) is 1. The molecule has 10 heteroatoms. The lowest BCUT2D eigenvalue weighted by molar-refractivity contribution is 0.246. The van der Waals surface area contributed by atoms with E-state index in [0.717, 1.165) is 46.8 Å². The molecule has 0 radical (unpaired) electrons. The Morgan fingerprint density at radius 2 is 2.03 bits per heavy atom. The average molecular weight is 566 g/mol. The summed E-state index contributed by atoms with van der Waals surface area (Å²) in [6, 6.07) is 17.7. The number of nitrogens with one attached hydrogen (secondary N) is 1. The third-order valence-electron chi connectivity index (χ3n) is 6.77. The molecular formula is C28H31N5O2S3. The van der Waals surface area contributed by atoms with E-state index in [1.165, 1.54) is 26.9 Å². The largest absolute Gasteiger partial charge is 0.351 e. The molecule has 1 atom stereocenters. The van der Waals surface area contributed by atoms with Gasteiger partial charge in [0.15, 0.2) is 0 Å². The fourth-order valence-electron chi connectivity index (χ4n) is 5.08. The van der Waals surface area contributed by atoms with Gasteiger partial charge in [-0.2, -0.15) is 0 Å². The third kappa shape index (κ3) is 4.89. The molecule has 1 fully saturated rings. The molecule has 1 aliphatic heterocycles. The molecule has 0 spiro atoms. The number of thiazole rings is 1. The number of benzene rings is 1. The highest BCUT2D eigenvalue weighted by Crippen LogP contribution is 2.37. The molecule has 1 N–H and O–H groups in total. The summed E-state index contributed by atoms with van der Waals surface area (Å²) >= 11 is 2.91. The first-order valence-corrected chi connectivity index (χ1v) is 15.5. The number of para-hydroxylation sites is 1.